The molecule has 55 heavy (non-hydrogen) atoms. The van der Waals surface area contributed by atoms with Crippen LogP contribution in [0.15, 0.2) is 24.3 Å². The number of aliphatic hydroxyl groups excluding tert-OH is 2. The van der Waals surface area contributed by atoms with E-state index in [9.17, 15) is 19.8 Å². The smallest absolute Gasteiger partial charge is 0.305 e. The molecular weight excluding hydrogens is 683 g/mol. The minimum Gasteiger partial charge on any atom is -0.466 e. The number of hydrogen-bond donors (Lipinski definition) is 3. The summed E-state index contributed by atoms with van der Waals surface area (Å²) in [5, 5.41) is 22.9. The summed E-state index contributed by atoms with van der Waals surface area (Å²) in [6.45, 7) is 4.79. The summed E-state index contributed by atoms with van der Waals surface area (Å²) in [7, 11) is 0. The molecule has 6 nitrogen and oxygen atoms in total. The Morgan fingerprint density at radius 2 is 0.873 bits per heavy atom. The third kappa shape index (κ3) is 41.8. The van der Waals surface area contributed by atoms with Crippen LogP contribution in [0.25, 0.3) is 0 Å². The molecule has 2 atom stereocenters. The summed E-state index contributed by atoms with van der Waals surface area (Å²) < 4.78 is 5.44. The number of carbonyl (C=O) groups excluding carboxylic acids is 2. The maximum absolute atomic E-state index is 12.3. The van der Waals surface area contributed by atoms with Gasteiger partial charge in [-0.3, -0.25) is 9.59 Å². The van der Waals surface area contributed by atoms with Gasteiger partial charge in [-0.25, -0.2) is 0 Å². The van der Waals surface area contributed by atoms with Gasteiger partial charge in [-0.2, -0.15) is 0 Å². The molecule has 0 aliphatic heterocycles. The second-order valence-electron chi connectivity index (χ2n) is 16.4. The van der Waals surface area contributed by atoms with Crippen LogP contribution in [-0.2, 0) is 14.3 Å². The van der Waals surface area contributed by atoms with Gasteiger partial charge in [-0.05, 0) is 51.4 Å². The summed E-state index contributed by atoms with van der Waals surface area (Å²) >= 11 is 0. The molecule has 1 amide bonds. The van der Waals surface area contributed by atoms with Gasteiger partial charge in [0.05, 0.1) is 25.4 Å². The zero-order chi connectivity index (χ0) is 40.1. The van der Waals surface area contributed by atoms with Gasteiger partial charge >= 0.3 is 5.97 Å². The molecule has 324 valence electrons. The van der Waals surface area contributed by atoms with Crippen molar-refractivity contribution in [3.8, 4) is 0 Å². The van der Waals surface area contributed by atoms with Crippen molar-refractivity contribution in [2.24, 2.45) is 0 Å². The van der Waals surface area contributed by atoms with E-state index in [1.165, 1.54) is 154 Å². The summed E-state index contributed by atoms with van der Waals surface area (Å²) in [5.74, 6) is -0.164. The largest absolute Gasteiger partial charge is 0.466 e. The molecule has 0 saturated carbocycles. The van der Waals surface area contributed by atoms with Crippen LogP contribution in [0.5, 0.6) is 0 Å². The van der Waals surface area contributed by atoms with E-state index in [0.717, 1.165) is 70.6 Å². The highest BCUT2D eigenvalue weighted by atomic mass is 16.5. The zero-order valence-electron chi connectivity index (χ0n) is 36.7. The number of ether oxygens (including phenoxy) is 1. The van der Waals surface area contributed by atoms with Gasteiger partial charge in [-0.15, -0.1) is 0 Å². The molecular formula is C49H93NO5. The lowest BCUT2D eigenvalue weighted by molar-refractivity contribution is -0.143. The topological polar surface area (TPSA) is 95.9 Å². The Labute approximate surface area is 341 Å². The molecule has 2 unspecified atom stereocenters. The van der Waals surface area contributed by atoms with Gasteiger partial charge in [0.2, 0.25) is 5.91 Å². The van der Waals surface area contributed by atoms with Crippen LogP contribution >= 0.6 is 0 Å². The van der Waals surface area contributed by atoms with Gasteiger partial charge in [0.1, 0.15) is 0 Å². The van der Waals surface area contributed by atoms with Crippen molar-refractivity contribution in [1.82, 2.24) is 5.32 Å². The minimum atomic E-state index is -0.872. The standard InChI is InChI=1S/C49H93NO5/c1-3-5-7-9-11-13-15-16-17-18-19-20-21-23-27-31-35-39-43-49(54)55-44-40-36-32-28-24-26-30-34-38-42-48(53)50-46(45-51)47(52)41-37-33-29-25-22-14-12-10-8-6-4-2/h26,30,37,41,46-47,51-52H,3-25,27-29,31-36,38-40,42-45H2,1-2H3,(H,50,53)/b30-26-,41-37+. The van der Waals surface area contributed by atoms with Crippen LogP contribution < -0.4 is 5.32 Å². The predicted octanol–water partition coefficient (Wildman–Crippen LogP) is 14.0. The molecule has 0 rings (SSSR count). The van der Waals surface area contributed by atoms with Crippen molar-refractivity contribution in [3.63, 3.8) is 0 Å². The molecule has 0 aromatic rings. The van der Waals surface area contributed by atoms with Crippen LogP contribution in [-0.4, -0.2) is 47.4 Å². The van der Waals surface area contributed by atoms with Crippen LogP contribution in [0, 0.1) is 0 Å². The average Bonchev–Trinajstić information content (AvgIpc) is 3.18. The first-order valence-electron chi connectivity index (χ1n) is 24.1. The van der Waals surface area contributed by atoms with Gasteiger partial charge in [0, 0.05) is 12.8 Å². The lowest BCUT2D eigenvalue weighted by Gasteiger charge is -2.19. The highest BCUT2D eigenvalue weighted by molar-refractivity contribution is 5.76. The van der Waals surface area contributed by atoms with Crippen LogP contribution in [0.2, 0.25) is 0 Å². The Kier molecular flexibility index (Phi) is 43.7. The van der Waals surface area contributed by atoms with Gasteiger partial charge in [-0.1, -0.05) is 212 Å². The molecule has 0 heterocycles. The summed E-state index contributed by atoms with van der Waals surface area (Å²) in [5.41, 5.74) is 0. The number of hydrogen-bond acceptors (Lipinski definition) is 5. The summed E-state index contributed by atoms with van der Waals surface area (Å²) in [6, 6.07) is -0.663. The van der Waals surface area contributed by atoms with Gasteiger partial charge in [0.15, 0.2) is 0 Å². The first-order valence-corrected chi connectivity index (χ1v) is 24.1. The van der Waals surface area contributed by atoms with Crippen molar-refractivity contribution in [2.45, 2.75) is 264 Å². The Morgan fingerprint density at radius 1 is 0.491 bits per heavy atom. The first-order chi connectivity index (χ1) is 27.0. The molecule has 0 saturated heterocycles. The normalized spacial score (nSPS) is 12.9. The highest BCUT2D eigenvalue weighted by Gasteiger charge is 2.17. The number of allylic oxidation sites excluding steroid dienone is 3. The van der Waals surface area contributed by atoms with Gasteiger partial charge < -0.3 is 20.3 Å². The quantitative estimate of drug-likeness (QED) is 0.0325. The second-order valence-corrected chi connectivity index (χ2v) is 16.4. The van der Waals surface area contributed by atoms with Crippen LogP contribution in [0.3, 0.4) is 0 Å². The van der Waals surface area contributed by atoms with E-state index in [1.807, 2.05) is 6.08 Å². The van der Waals surface area contributed by atoms with E-state index in [-0.39, 0.29) is 18.5 Å². The Balaban J connectivity index is 3.53. The molecule has 0 aromatic heterocycles. The van der Waals surface area contributed by atoms with Crippen LogP contribution in [0.4, 0.5) is 0 Å². The van der Waals surface area contributed by atoms with E-state index in [4.69, 9.17) is 4.74 Å². The molecule has 0 aliphatic carbocycles. The molecule has 0 spiro atoms. The Bertz CT molecular complexity index is 858. The third-order valence-electron chi connectivity index (χ3n) is 11.0. The number of esters is 1. The predicted molar refractivity (Wildman–Crippen MR) is 236 cm³/mol. The fourth-order valence-electron chi connectivity index (χ4n) is 7.22. The van der Waals surface area contributed by atoms with Gasteiger partial charge in [0.25, 0.3) is 0 Å². The van der Waals surface area contributed by atoms with E-state index >= 15 is 0 Å². The highest BCUT2D eigenvalue weighted by Crippen LogP contribution is 2.15. The summed E-state index contributed by atoms with van der Waals surface area (Å²) in [4.78, 5) is 24.4. The second kappa shape index (κ2) is 45.0. The Hall–Kier alpha value is -1.66. The van der Waals surface area contributed by atoms with E-state index in [0.29, 0.717) is 19.4 Å². The fourth-order valence-corrected chi connectivity index (χ4v) is 7.22. The number of aliphatic hydroxyl groups is 2. The summed E-state index contributed by atoms with van der Waals surface area (Å²) in [6.07, 6.45) is 51.8. The Morgan fingerprint density at radius 3 is 1.33 bits per heavy atom. The van der Waals surface area contributed by atoms with Crippen molar-refractivity contribution in [2.75, 3.05) is 13.2 Å². The third-order valence-corrected chi connectivity index (χ3v) is 11.0. The molecule has 6 heteroatoms. The van der Waals surface area contributed by atoms with Crippen molar-refractivity contribution in [3.05, 3.63) is 24.3 Å². The SMILES string of the molecule is CCCCCCCCCCC/C=C/C(O)C(CO)NC(=O)CCC/C=C\CCCCCCOC(=O)CCCCCCCCCCCCCCCCCCCC. The van der Waals surface area contributed by atoms with E-state index < -0.39 is 12.1 Å². The number of rotatable bonds is 44. The fraction of sp³-hybridized carbons (Fsp3) is 0.878. The molecule has 0 aromatic carbocycles. The average molecular weight is 776 g/mol. The van der Waals surface area contributed by atoms with Crippen molar-refractivity contribution in [1.29, 1.82) is 0 Å². The molecule has 0 aliphatic rings. The lowest BCUT2D eigenvalue weighted by atomic mass is 10.0. The van der Waals surface area contributed by atoms with Crippen molar-refractivity contribution < 1.29 is 24.5 Å². The number of amides is 1. The maximum Gasteiger partial charge on any atom is 0.305 e. The lowest BCUT2D eigenvalue weighted by Crippen LogP contribution is -2.45. The van der Waals surface area contributed by atoms with Crippen molar-refractivity contribution >= 4 is 11.9 Å². The first kappa shape index (κ1) is 53.3. The monoisotopic (exact) mass is 776 g/mol. The van der Waals surface area contributed by atoms with E-state index in [1.54, 1.807) is 6.08 Å². The zero-order valence-corrected chi connectivity index (χ0v) is 36.7. The van der Waals surface area contributed by atoms with E-state index in [2.05, 4.69) is 31.3 Å². The number of unbranched alkanes of at least 4 members (excludes halogenated alkanes) is 31. The molecule has 0 fully saturated rings. The molecule has 0 bridgehead atoms. The molecule has 3 N–H and O–H groups in total. The molecule has 0 radical (unpaired) electrons. The number of nitrogens with one attached hydrogen (secondary N) is 1. The number of carbonyl (C=O) groups is 2. The van der Waals surface area contributed by atoms with Crippen LogP contribution in [0.1, 0.15) is 251 Å². The minimum absolute atomic E-state index is 0.0346. The maximum atomic E-state index is 12.3.